The zero-order valence-corrected chi connectivity index (χ0v) is 10.6. The Morgan fingerprint density at radius 2 is 2.11 bits per heavy atom. The molecule has 1 fully saturated rings. The number of methoxy groups -OCH3 is 1. The van der Waals surface area contributed by atoms with E-state index in [1.165, 1.54) is 7.11 Å². The van der Waals surface area contributed by atoms with Crippen molar-refractivity contribution < 1.29 is 14.9 Å². The minimum atomic E-state index is -0.0658. The molecule has 0 aliphatic carbocycles. The first kappa shape index (κ1) is 13.1. The minimum absolute atomic E-state index is 0.0474. The highest BCUT2D eigenvalue weighted by Gasteiger charge is 2.22. The number of aromatic hydroxyl groups is 1. The second-order valence-corrected chi connectivity index (χ2v) is 4.42. The van der Waals surface area contributed by atoms with E-state index in [2.05, 4.69) is 10.2 Å². The highest BCUT2D eigenvalue weighted by molar-refractivity contribution is 5.42. The van der Waals surface area contributed by atoms with Crippen LogP contribution in [0.1, 0.15) is 11.6 Å². The lowest BCUT2D eigenvalue weighted by atomic mass is 10.0. The van der Waals surface area contributed by atoms with Crippen molar-refractivity contribution in [3.05, 3.63) is 23.8 Å². The number of hydrogen-bond donors (Lipinski definition) is 3. The smallest absolute Gasteiger partial charge is 0.160 e. The van der Waals surface area contributed by atoms with Gasteiger partial charge in [0.1, 0.15) is 0 Å². The van der Waals surface area contributed by atoms with Gasteiger partial charge in [-0.05, 0) is 17.7 Å². The third-order valence-electron chi connectivity index (χ3n) is 3.35. The van der Waals surface area contributed by atoms with Crippen LogP contribution in [0, 0.1) is 0 Å². The molecule has 1 aromatic rings. The van der Waals surface area contributed by atoms with Crippen LogP contribution >= 0.6 is 0 Å². The SMILES string of the molecule is COc1ccc([C@@H](CO)N2CCNCC2)cc1O. The van der Waals surface area contributed by atoms with Gasteiger partial charge in [0.2, 0.25) is 0 Å². The first-order valence-electron chi connectivity index (χ1n) is 6.18. The average molecular weight is 252 g/mol. The number of phenolic OH excluding ortho intramolecular Hbond substituents is 1. The Hall–Kier alpha value is -1.30. The molecule has 0 saturated carbocycles. The van der Waals surface area contributed by atoms with Crippen LogP contribution in [-0.4, -0.2) is 55.0 Å². The van der Waals surface area contributed by atoms with Crippen LogP contribution in [-0.2, 0) is 0 Å². The maximum Gasteiger partial charge on any atom is 0.160 e. The molecule has 3 N–H and O–H groups in total. The third-order valence-corrected chi connectivity index (χ3v) is 3.35. The Labute approximate surface area is 107 Å². The van der Waals surface area contributed by atoms with Crippen LogP contribution in [0.2, 0.25) is 0 Å². The molecule has 0 bridgehead atoms. The molecule has 1 heterocycles. The monoisotopic (exact) mass is 252 g/mol. The van der Waals surface area contributed by atoms with E-state index in [0.29, 0.717) is 5.75 Å². The molecule has 0 unspecified atom stereocenters. The Bertz CT molecular complexity index is 392. The summed E-state index contributed by atoms with van der Waals surface area (Å²) < 4.78 is 5.02. The molecule has 0 spiro atoms. The van der Waals surface area contributed by atoms with Crippen molar-refractivity contribution >= 4 is 0 Å². The van der Waals surface area contributed by atoms with Gasteiger partial charge in [-0.25, -0.2) is 0 Å². The van der Waals surface area contributed by atoms with Gasteiger partial charge in [0.05, 0.1) is 19.8 Å². The van der Waals surface area contributed by atoms with Crippen LogP contribution in [0.25, 0.3) is 0 Å². The second-order valence-electron chi connectivity index (χ2n) is 4.42. The highest BCUT2D eigenvalue weighted by atomic mass is 16.5. The topological polar surface area (TPSA) is 65.0 Å². The van der Waals surface area contributed by atoms with Crippen molar-refractivity contribution in [2.45, 2.75) is 6.04 Å². The molecule has 18 heavy (non-hydrogen) atoms. The molecule has 1 atom stereocenters. The van der Waals surface area contributed by atoms with E-state index in [9.17, 15) is 10.2 Å². The van der Waals surface area contributed by atoms with E-state index in [1.807, 2.05) is 6.07 Å². The highest BCUT2D eigenvalue weighted by Crippen LogP contribution is 2.30. The van der Waals surface area contributed by atoms with Crippen molar-refractivity contribution in [1.29, 1.82) is 0 Å². The van der Waals surface area contributed by atoms with Gasteiger partial charge in [-0.1, -0.05) is 6.07 Å². The van der Waals surface area contributed by atoms with Gasteiger partial charge < -0.3 is 20.3 Å². The van der Waals surface area contributed by atoms with Crippen LogP contribution in [0.5, 0.6) is 11.5 Å². The van der Waals surface area contributed by atoms with Crippen molar-refractivity contribution in [1.82, 2.24) is 10.2 Å². The van der Waals surface area contributed by atoms with E-state index in [4.69, 9.17) is 4.74 Å². The van der Waals surface area contributed by atoms with Gasteiger partial charge >= 0.3 is 0 Å². The summed E-state index contributed by atoms with van der Waals surface area (Å²) in [5, 5.41) is 22.7. The molecule has 0 radical (unpaired) electrons. The summed E-state index contributed by atoms with van der Waals surface area (Å²) >= 11 is 0. The zero-order valence-electron chi connectivity index (χ0n) is 10.6. The Kier molecular flexibility index (Phi) is 4.41. The molecule has 2 rings (SSSR count). The fourth-order valence-corrected chi connectivity index (χ4v) is 2.34. The number of aliphatic hydroxyl groups is 1. The molecule has 1 saturated heterocycles. The quantitative estimate of drug-likeness (QED) is 0.721. The van der Waals surface area contributed by atoms with E-state index in [0.717, 1.165) is 31.7 Å². The zero-order chi connectivity index (χ0) is 13.0. The van der Waals surface area contributed by atoms with E-state index < -0.39 is 0 Å². The molecular weight excluding hydrogens is 232 g/mol. The Morgan fingerprint density at radius 1 is 1.39 bits per heavy atom. The fraction of sp³-hybridized carbons (Fsp3) is 0.538. The molecule has 0 amide bonds. The molecule has 100 valence electrons. The van der Waals surface area contributed by atoms with E-state index in [-0.39, 0.29) is 18.4 Å². The maximum absolute atomic E-state index is 9.80. The van der Waals surface area contributed by atoms with Gasteiger partial charge in [-0.2, -0.15) is 0 Å². The standard InChI is InChI=1S/C13H20N2O3/c1-18-13-3-2-10(8-12(13)17)11(9-16)15-6-4-14-5-7-15/h2-3,8,11,14,16-17H,4-7,9H2,1H3/t11-/m1/s1. The summed E-state index contributed by atoms with van der Waals surface area (Å²) in [5.41, 5.74) is 0.915. The number of hydrogen-bond acceptors (Lipinski definition) is 5. The number of nitrogens with one attached hydrogen (secondary N) is 1. The first-order valence-corrected chi connectivity index (χ1v) is 6.18. The predicted octanol–water partition coefficient (Wildman–Crippen LogP) is 0.339. The third kappa shape index (κ3) is 2.75. The predicted molar refractivity (Wildman–Crippen MR) is 68.9 cm³/mol. The van der Waals surface area contributed by atoms with Gasteiger partial charge in [0.25, 0.3) is 0 Å². The Morgan fingerprint density at radius 3 is 2.67 bits per heavy atom. The van der Waals surface area contributed by atoms with Gasteiger partial charge in [-0.15, -0.1) is 0 Å². The van der Waals surface area contributed by atoms with Crippen LogP contribution < -0.4 is 10.1 Å². The molecule has 1 aliphatic heterocycles. The van der Waals surface area contributed by atoms with E-state index >= 15 is 0 Å². The maximum atomic E-state index is 9.80. The number of phenols is 1. The number of nitrogens with zero attached hydrogens (tertiary/aromatic N) is 1. The lowest BCUT2D eigenvalue weighted by molar-refractivity contribution is 0.110. The molecule has 1 aliphatic rings. The van der Waals surface area contributed by atoms with Crippen molar-refractivity contribution in [2.24, 2.45) is 0 Å². The summed E-state index contributed by atoms with van der Waals surface area (Å²) in [7, 11) is 1.52. The largest absolute Gasteiger partial charge is 0.504 e. The molecule has 0 aromatic heterocycles. The summed E-state index contributed by atoms with van der Waals surface area (Å²) in [5.74, 6) is 0.569. The summed E-state index contributed by atoms with van der Waals surface area (Å²) in [6, 6.07) is 5.22. The van der Waals surface area contributed by atoms with Crippen molar-refractivity contribution in [3.8, 4) is 11.5 Å². The minimum Gasteiger partial charge on any atom is -0.504 e. The van der Waals surface area contributed by atoms with Crippen molar-refractivity contribution in [3.63, 3.8) is 0 Å². The molecule has 1 aromatic carbocycles. The first-order chi connectivity index (χ1) is 8.76. The van der Waals surface area contributed by atoms with Crippen LogP contribution in [0.4, 0.5) is 0 Å². The normalized spacial score (nSPS) is 18.6. The summed E-state index contributed by atoms with van der Waals surface area (Å²) in [6.45, 7) is 3.71. The van der Waals surface area contributed by atoms with Gasteiger partial charge in [0, 0.05) is 26.2 Å². The summed E-state index contributed by atoms with van der Waals surface area (Å²) in [6.07, 6.45) is 0. The van der Waals surface area contributed by atoms with E-state index in [1.54, 1.807) is 12.1 Å². The number of ether oxygens (including phenoxy) is 1. The summed E-state index contributed by atoms with van der Waals surface area (Å²) in [4.78, 5) is 2.22. The number of rotatable bonds is 4. The number of benzene rings is 1. The van der Waals surface area contributed by atoms with Gasteiger partial charge in [-0.3, -0.25) is 4.90 Å². The second kappa shape index (κ2) is 6.04. The molecule has 5 nitrogen and oxygen atoms in total. The lowest BCUT2D eigenvalue weighted by Gasteiger charge is -2.34. The number of aliphatic hydroxyl groups excluding tert-OH is 1. The molecular formula is C13H20N2O3. The van der Waals surface area contributed by atoms with Crippen LogP contribution in [0.3, 0.4) is 0 Å². The number of piperazine rings is 1. The Balaban J connectivity index is 2.18. The lowest BCUT2D eigenvalue weighted by Crippen LogP contribution is -2.46. The van der Waals surface area contributed by atoms with Crippen LogP contribution in [0.15, 0.2) is 18.2 Å². The fourth-order valence-electron chi connectivity index (χ4n) is 2.34. The van der Waals surface area contributed by atoms with Gasteiger partial charge in [0.15, 0.2) is 11.5 Å². The average Bonchev–Trinajstić information content (AvgIpc) is 2.41. The van der Waals surface area contributed by atoms with Crippen molar-refractivity contribution in [2.75, 3.05) is 39.9 Å². The molecule has 5 heteroatoms.